The molecule has 0 radical (unpaired) electrons. The lowest BCUT2D eigenvalue weighted by Crippen LogP contribution is -2.16. The van der Waals surface area contributed by atoms with E-state index >= 15 is 0 Å². The van der Waals surface area contributed by atoms with Crippen molar-refractivity contribution in [3.63, 3.8) is 0 Å². The van der Waals surface area contributed by atoms with Crippen molar-refractivity contribution in [1.29, 1.82) is 0 Å². The smallest absolute Gasteiger partial charge is 0.195 e. The zero-order chi connectivity index (χ0) is 23.4. The first kappa shape index (κ1) is 20.0. The lowest BCUT2D eigenvalue weighted by Gasteiger charge is -2.29. The predicted molar refractivity (Wildman–Crippen MR) is 143 cm³/mol. The Balaban J connectivity index is 1.56. The summed E-state index contributed by atoms with van der Waals surface area (Å²) in [4.78, 5) is 16.4. The van der Waals surface area contributed by atoms with E-state index in [0.29, 0.717) is 0 Å². The van der Waals surface area contributed by atoms with Crippen molar-refractivity contribution in [3.05, 3.63) is 138 Å². The van der Waals surface area contributed by atoms with Crippen LogP contribution in [-0.4, -0.2) is 5.78 Å². The molecule has 35 heavy (non-hydrogen) atoms. The van der Waals surface area contributed by atoms with Crippen molar-refractivity contribution in [2.45, 2.75) is 12.8 Å². The molecule has 7 rings (SSSR count). The Kier molecular flexibility index (Phi) is 4.46. The third-order valence-corrected chi connectivity index (χ3v) is 7.32. The third kappa shape index (κ3) is 3.00. The maximum absolute atomic E-state index is 14.1. The molecule has 0 aromatic heterocycles. The first-order valence-electron chi connectivity index (χ1n) is 12.1. The second-order valence-corrected chi connectivity index (χ2v) is 9.21. The van der Waals surface area contributed by atoms with E-state index in [0.717, 1.165) is 52.2 Å². The number of ketones is 1. The molecule has 1 aliphatic carbocycles. The highest BCUT2D eigenvalue weighted by molar-refractivity contribution is 6.16. The molecule has 0 spiro atoms. The largest absolute Gasteiger partial charge is 0.308 e. The average molecular weight is 450 g/mol. The molecule has 2 nitrogen and oxygen atoms in total. The van der Waals surface area contributed by atoms with Crippen LogP contribution in [0.25, 0.3) is 22.3 Å². The van der Waals surface area contributed by atoms with Crippen LogP contribution in [0.5, 0.6) is 0 Å². The Labute approximate surface area is 205 Å². The molecule has 0 saturated carbocycles. The number of carbonyl (C=O) groups is 1. The van der Waals surface area contributed by atoms with Crippen molar-refractivity contribution in [2.75, 3.05) is 4.90 Å². The van der Waals surface area contributed by atoms with Crippen LogP contribution in [0.15, 0.2) is 115 Å². The number of benzene rings is 5. The molecule has 2 aliphatic rings. The molecule has 0 bridgehead atoms. The van der Waals surface area contributed by atoms with Gasteiger partial charge in [-0.2, -0.15) is 0 Å². The van der Waals surface area contributed by atoms with Gasteiger partial charge in [-0.1, -0.05) is 97.1 Å². The first-order valence-corrected chi connectivity index (χ1v) is 12.1. The average Bonchev–Trinajstić information content (AvgIpc) is 3.14. The number of fused-ring (bicyclic) bond motifs is 7. The molecular weight excluding hydrogens is 426 g/mol. The summed E-state index contributed by atoms with van der Waals surface area (Å²) in [6.45, 7) is 0. The maximum atomic E-state index is 14.1. The van der Waals surface area contributed by atoms with E-state index in [1.54, 1.807) is 0 Å². The number of anilines is 3. The monoisotopic (exact) mass is 449 g/mol. The van der Waals surface area contributed by atoms with Gasteiger partial charge >= 0.3 is 0 Å². The number of rotatable bonds is 1. The second-order valence-electron chi connectivity index (χ2n) is 9.21. The van der Waals surface area contributed by atoms with Crippen molar-refractivity contribution in [2.24, 2.45) is 0 Å². The molecule has 2 heteroatoms. The van der Waals surface area contributed by atoms with E-state index in [4.69, 9.17) is 0 Å². The van der Waals surface area contributed by atoms with Crippen LogP contribution in [0.1, 0.15) is 27.0 Å². The summed E-state index contributed by atoms with van der Waals surface area (Å²) in [5, 5.41) is 0. The van der Waals surface area contributed by atoms with E-state index < -0.39 is 0 Å². The Morgan fingerprint density at radius 2 is 0.886 bits per heavy atom. The van der Waals surface area contributed by atoms with Crippen LogP contribution in [0, 0.1) is 0 Å². The number of nitrogens with zero attached hydrogens (tertiary/aromatic N) is 1. The SMILES string of the molecule is O=C1c2ccccc2CCc2cccc(N3c4ccccc4-c4ccccc4-c4ccccc43)c21. The molecule has 0 amide bonds. The second kappa shape index (κ2) is 7.82. The van der Waals surface area contributed by atoms with Gasteiger partial charge in [-0.3, -0.25) is 4.79 Å². The van der Waals surface area contributed by atoms with Gasteiger partial charge in [0.1, 0.15) is 0 Å². The molecule has 0 N–H and O–H groups in total. The van der Waals surface area contributed by atoms with Crippen molar-refractivity contribution >= 4 is 22.8 Å². The molecule has 1 aliphatic heterocycles. The van der Waals surface area contributed by atoms with Crippen LogP contribution in [0.2, 0.25) is 0 Å². The van der Waals surface area contributed by atoms with Gasteiger partial charge in [-0.15, -0.1) is 0 Å². The Hall–Kier alpha value is -4.43. The molecule has 5 aromatic carbocycles. The molecule has 0 atom stereocenters. The summed E-state index contributed by atoms with van der Waals surface area (Å²) in [5.41, 5.74) is 11.7. The van der Waals surface area contributed by atoms with E-state index in [1.807, 2.05) is 18.2 Å². The van der Waals surface area contributed by atoms with Gasteiger partial charge in [0.25, 0.3) is 0 Å². The molecule has 0 fully saturated rings. The number of para-hydroxylation sites is 2. The fourth-order valence-corrected chi connectivity index (χ4v) is 5.74. The zero-order valence-corrected chi connectivity index (χ0v) is 19.2. The van der Waals surface area contributed by atoms with Crippen LogP contribution in [-0.2, 0) is 12.8 Å². The highest BCUT2D eigenvalue weighted by atomic mass is 16.1. The summed E-state index contributed by atoms with van der Waals surface area (Å²) >= 11 is 0. The summed E-state index contributed by atoms with van der Waals surface area (Å²) in [5.74, 6) is 0.112. The Morgan fingerprint density at radius 3 is 1.54 bits per heavy atom. The van der Waals surface area contributed by atoms with Crippen LogP contribution >= 0.6 is 0 Å². The minimum Gasteiger partial charge on any atom is -0.308 e. The minimum absolute atomic E-state index is 0.112. The third-order valence-electron chi connectivity index (χ3n) is 7.32. The fourth-order valence-electron chi connectivity index (χ4n) is 5.74. The summed E-state index contributed by atoms with van der Waals surface area (Å²) in [6, 6.07) is 40.0. The molecular formula is C33H23NO. The highest BCUT2D eigenvalue weighted by Gasteiger charge is 2.31. The summed E-state index contributed by atoms with van der Waals surface area (Å²) in [7, 11) is 0. The predicted octanol–water partition coefficient (Wildman–Crippen LogP) is 8.13. The van der Waals surface area contributed by atoms with Crippen LogP contribution < -0.4 is 4.90 Å². The van der Waals surface area contributed by atoms with Crippen LogP contribution in [0.3, 0.4) is 0 Å². The molecule has 166 valence electrons. The number of carbonyl (C=O) groups excluding carboxylic acids is 1. The topological polar surface area (TPSA) is 20.3 Å². The number of hydrogen-bond acceptors (Lipinski definition) is 2. The van der Waals surface area contributed by atoms with Gasteiger partial charge in [0, 0.05) is 22.3 Å². The quantitative estimate of drug-likeness (QED) is 0.252. The lowest BCUT2D eigenvalue weighted by molar-refractivity contribution is 0.103. The van der Waals surface area contributed by atoms with E-state index in [9.17, 15) is 4.79 Å². The fraction of sp³-hybridized carbons (Fsp3) is 0.0606. The van der Waals surface area contributed by atoms with Gasteiger partial charge < -0.3 is 4.90 Å². The van der Waals surface area contributed by atoms with E-state index in [-0.39, 0.29) is 5.78 Å². The maximum Gasteiger partial charge on any atom is 0.195 e. The minimum atomic E-state index is 0.112. The van der Waals surface area contributed by atoms with Gasteiger partial charge in [-0.05, 0) is 53.3 Å². The Morgan fingerprint density at radius 1 is 0.429 bits per heavy atom. The van der Waals surface area contributed by atoms with Gasteiger partial charge in [-0.25, -0.2) is 0 Å². The van der Waals surface area contributed by atoms with Crippen molar-refractivity contribution in [1.82, 2.24) is 0 Å². The molecule has 0 saturated heterocycles. The summed E-state index contributed by atoms with van der Waals surface area (Å²) < 4.78 is 0. The lowest BCUT2D eigenvalue weighted by atomic mass is 9.95. The normalized spacial score (nSPS) is 13.5. The summed E-state index contributed by atoms with van der Waals surface area (Å²) in [6.07, 6.45) is 1.72. The van der Waals surface area contributed by atoms with Gasteiger partial charge in [0.15, 0.2) is 5.78 Å². The van der Waals surface area contributed by atoms with Crippen molar-refractivity contribution < 1.29 is 4.79 Å². The zero-order valence-electron chi connectivity index (χ0n) is 19.2. The molecule has 1 heterocycles. The Bertz CT molecular complexity index is 1560. The molecule has 5 aromatic rings. The van der Waals surface area contributed by atoms with Crippen LogP contribution in [0.4, 0.5) is 17.1 Å². The first-order chi connectivity index (χ1) is 17.3. The highest BCUT2D eigenvalue weighted by Crippen LogP contribution is 2.51. The van der Waals surface area contributed by atoms with Gasteiger partial charge in [0.2, 0.25) is 0 Å². The molecule has 0 unspecified atom stereocenters. The van der Waals surface area contributed by atoms with Crippen molar-refractivity contribution in [3.8, 4) is 22.3 Å². The van der Waals surface area contributed by atoms with Gasteiger partial charge in [0.05, 0.1) is 17.1 Å². The van der Waals surface area contributed by atoms with E-state index in [2.05, 4.69) is 102 Å². The van der Waals surface area contributed by atoms with E-state index in [1.165, 1.54) is 22.3 Å². The number of aryl methyl sites for hydroxylation is 2. The number of hydrogen-bond donors (Lipinski definition) is 0. The standard InChI is InChI=1S/C33H23NO/c35-33-24-12-2-1-10-22(24)20-21-23-11-9-19-31(32(23)33)34-29-17-7-5-15-27(29)25-13-3-4-14-26(25)28-16-6-8-18-30(28)34/h1-19H,20-21H2.